The zero-order valence-corrected chi connectivity index (χ0v) is 8.65. The quantitative estimate of drug-likeness (QED) is 0.708. The fourth-order valence-electron chi connectivity index (χ4n) is 0.788. The minimum Gasteiger partial charge on any atom is -0.383 e. The van der Waals surface area contributed by atoms with E-state index in [1.807, 2.05) is 0 Å². The highest BCUT2D eigenvalue weighted by molar-refractivity contribution is 7.89. The molecule has 0 aliphatic heterocycles. The monoisotopic (exact) mass is 235 g/mol. The second-order valence-electron chi connectivity index (χ2n) is 2.44. The molecular formula is C6H12F3NO3S. The molecule has 0 fully saturated rings. The third-order valence-electron chi connectivity index (χ3n) is 1.53. The summed E-state index contributed by atoms with van der Waals surface area (Å²) in [6.07, 6.45) is 0. The van der Waals surface area contributed by atoms with E-state index < -0.39 is 15.5 Å². The van der Waals surface area contributed by atoms with Gasteiger partial charge in [0.1, 0.15) is 0 Å². The third-order valence-corrected chi connectivity index (χ3v) is 3.24. The molecule has 14 heavy (non-hydrogen) atoms. The van der Waals surface area contributed by atoms with Crippen molar-refractivity contribution in [3.63, 3.8) is 0 Å². The van der Waals surface area contributed by atoms with Crippen LogP contribution in [0.15, 0.2) is 0 Å². The zero-order chi connectivity index (χ0) is 11.4. The van der Waals surface area contributed by atoms with Gasteiger partial charge in [-0.3, -0.25) is 0 Å². The van der Waals surface area contributed by atoms with Crippen LogP contribution in [0.2, 0.25) is 0 Å². The summed E-state index contributed by atoms with van der Waals surface area (Å²) in [6, 6.07) is 0. The van der Waals surface area contributed by atoms with Crippen LogP contribution in [-0.2, 0) is 14.8 Å². The minimum absolute atomic E-state index is 0.0663. The molecule has 0 aliphatic rings. The SMILES string of the molecule is CCN(CCOC)S(=O)(=O)C(F)(F)F. The van der Waals surface area contributed by atoms with Crippen molar-refractivity contribution in [2.45, 2.75) is 12.4 Å². The van der Waals surface area contributed by atoms with Crippen LogP contribution >= 0.6 is 0 Å². The summed E-state index contributed by atoms with van der Waals surface area (Å²) in [4.78, 5) is 0. The molecule has 0 atom stereocenters. The smallest absolute Gasteiger partial charge is 0.383 e. The van der Waals surface area contributed by atoms with Crippen LogP contribution in [0.25, 0.3) is 0 Å². The molecule has 0 bridgehead atoms. The largest absolute Gasteiger partial charge is 0.511 e. The summed E-state index contributed by atoms with van der Waals surface area (Å²) in [5.41, 5.74) is -5.24. The molecule has 0 saturated carbocycles. The Morgan fingerprint density at radius 1 is 1.36 bits per heavy atom. The number of halogens is 3. The Balaban J connectivity index is 4.68. The lowest BCUT2D eigenvalue weighted by molar-refractivity contribution is -0.0491. The van der Waals surface area contributed by atoms with Crippen molar-refractivity contribution >= 4 is 10.0 Å². The number of likely N-dealkylation sites (N-methyl/N-ethyl adjacent to an activating group) is 1. The number of hydrogen-bond donors (Lipinski definition) is 0. The molecule has 0 amide bonds. The Hall–Kier alpha value is -0.340. The highest BCUT2D eigenvalue weighted by Crippen LogP contribution is 2.26. The summed E-state index contributed by atoms with van der Waals surface area (Å²) in [7, 11) is -3.92. The van der Waals surface area contributed by atoms with Gasteiger partial charge in [-0.25, -0.2) is 8.42 Å². The highest BCUT2D eigenvalue weighted by atomic mass is 32.2. The molecule has 0 radical (unpaired) electrons. The summed E-state index contributed by atoms with van der Waals surface area (Å²) in [6.45, 7) is 0.738. The number of alkyl halides is 3. The summed E-state index contributed by atoms with van der Waals surface area (Å²) >= 11 is 0. The first-order valence-corrected chi connectivity index (χ1v) is 5.26. The standard InChI is InChI=1S/C6H12F3NO3S/c1-3-10(4-5-13-2)14(11,12)6(7,8)9/h3-5H2,1-2H3. The molecular weight excluding hydrogens is 223 g/mol. The topological polar surface area (TPSA) is 46.6 Å². The van der Waals surface area contributed by atoms with Crippen molar-refractivity contribution in [3.05, 3.63) is 0 Å². The van der Waals surface area contributed by atoms with Crippen LogP contribution < -0.4 is 0 Å². The van der Waals surface area contributed by atoms with Crippen LogP contribution in [0.4, 0.5) is 13.2 Å². The van der Waals surface area contributed by atoms with Gasteiger partial charge in [0, 0.05) is 20.2 Å². The molecule has 0 aromatic heterocycles. The van der Waals surface area contributed by atoms with Gasteiger partial charge >= 0.3 is 15.5 Å². The minimum atomic E-state index is -5.24. The Morgan fingerprint density at radius 2 is 1.86 bits per heavy atom. The van der Waals surface area contributed by atoms with Gasteiger partial charge in [-0.15, -0.1) is 0 Å². The molecule has 0 rings (SSSR count). The van der Waals surface area contributed by atoms with Gasteiger partial charge in [0.2, 0.25) is 0 Å². The molecule has 4 nitrogen and oxygen atoms in total. The van der Waals surface area contributed by atoms with Crippen molar-refractivity contribution in [1.82, 2.24) is 4.31 Å². The van der Waals surface area contributed by atoms with E-state index in [0.29, 0.717) is 4.31 Å². The van der Waals surface area contributed by atoms with Crippen molar-refractivity contribution in [1.29, 1.82) is 0 Å². The number of hydrogen-bond acceptors (Lipinski definition) is 3. The molecule has 0 N–H and O–H groups in total. The van der Waals surface area contributed by atoms with E-state index in [2.05, 4.69) is 4.74 Å². The summed E-state index contributed by atoms with van der Waals surface area (Å²) < 4.78 is 62.6. The normalized spacial score (nSPS) is 13.6. The van der Waals surface area contributed by atoms with Crippen molar-refractivity contribution < 1.29 is 26.3 Å². The van der Waals surface area contributed by atoms with E-state index in [-0.39, 0.29) is 19.7 Å². The molecule has 86 valence electrons. The van der Waals surface area contributed by atoms with E-state index in [0.717, 1.165) is 0 Å². The average Bonchev–Trinajstić information content (AvgIpc) is 2.03. The predicted molar refractivity (Wildman–Crippen MR) is 44.1 cm³/mol. The molecule has 0 unspecified atom stereocenters. The predicted octanol–water partition coefficient (Wildman–Crippen LogP) is 0.804. The van der Waals surface area contributed by atoms with Gasteiger partial charge in [-0.2, -0.15) is 17.5 Å². The summed E-state index contributed by atoms with van der Waals surface area (Å²) in [5, 5.41) is 0. The van der Waals surface area contributed by atoms with Crippen molar-refractivity contribution in [2.75, 3.05) is 26.8 Å². The van der Waals surface area contributed by atoms with Gasteiger partial charge < -0.3 is 4.74 Å². The Morgan fingerprint density at radius 3 is 2.14 bits per heavy atom. The van der Waals surface area contributed by atoms with E-state index in [9.17, 15) is 21.6 Å². The Bertz CT molecular complexity index is 262. The lowest BCUT2D eigenvalue weighted by atomic mass is 10.6. The first-order chi connectivity index (χ1) is 6.27. The molecule has 0 aromatic rings. The molecule has 0 spiro atoms. The third kappa shape index (κ3) is 3.10. The highest BCUT2D eigenvalue weighted by Gasteiger charge is 2.49. The number of nitrogens with zero attached hydrogens (tertiary/aromatic N) is 1. The van der Waals surface area contributed by atoms with E-state index >= 15 is 0 Å². The summed E-state index contributed by atoms with van der Waals surface area (Å²) in [5.74, 6) is 0. The first-order valence-electron chi connectivity index (χ1n) is 3.82. The number of rotatable bonds is 5. The number of methoxy groups -OCH3 is 1. The number of sulfonamides is 1. The van der Waals surface area contributed by atoms with E-state index in [1.54, 1.807) is 0 Å². The van der Waals surface area contributed by atoms with Crippen molar-refractivity contribution in [3.8, 4) is 0 Å². The second kappa shape index (κ2) is 4.94. The maximum absolute atomic E-state index is 12.0. The van der Waals surface area contributed by atoms with Gasteiger partial charge in [0.05, 0.1) is 6.61 Å². The lowest BCUT2D eigenvalue weighted by Crippen LogP contribution is -2.42. The molecule has 0 aliphatic carbocycles. The van der Waals surface area contributed by atoms with Crippen LogP contribution in [0.5, 0.6) is 0 Å². The Kier molecular flexibility index (Phi) is 4.82. The fourth-order valence-corrected chi connectivity index (χ4v) is 1.74. The first kappa shape index (κ1) is 13.7. The van der Waals surface area contributed by atoms with Gasteiger partial charge in [-0.05, 0) is 0 Å². The number of ether oxygens (including phenoxy) is 1. The average molecular weight is 235 g/mol. The second-order valence-corrected chi connectivity index (χ2v) is 4.36. The van der Waals surface area contributed by atoms with Crippen LogP contribution in [0.1, 0.15) is 6.92 Å². The molecule has 0 saturated heterocycles. The maximum Gasteiger partial charge on any atom is 0.511 e. The van der Waals surface area contributed by atoms with E-state index in [4.69, 9.17) is 0 Å². The molecule has 8 heteroatoms. The van der Waals surface area contributed by atoms with Crippen LogP contribution in [-0.4, -0.2) is 45.0 Å². The maximum atomic E-state index is 12.0. The van der Waals surface area contributed by atoms with Crippen LogP contribution in [0.3, 0.4) is 0 Å². The van der Waals surface area contributed by atoms with Gasteiger partial charge in [0.15, 0.2) is 0 Å². The fraction of sp³-hybridized carbons (Fsp3) is 1.00. The lowest BCUT2D eigenvalue weighted by Gasteiger charge is -2.21. The molecule has 0 heterocycles. The van der Waals surface area contributed by atoms with Gasteiger partial charge in [0.25, 0.3) is 0 Å². The van der Waals surface area contributed by atoms with Crippen molar-refractivity contribution in [2.24, 2.45) is 0 Å². The van der Waals surface area contributed by atoms with Crippen LogP contribution in [0, 0.1) is 0 Å². The zero-order valence-electron chi connectivity index (χ0n) is 7.84. The Labute approximate surface area is 80.7 Å². The molecule has 0 aromatic carbocycles. The van der Waals surface area contributed by atoms with Gasteiger partial charge in [-0.1, -0.05) is 6.92 Å². The van der Waals surface area contributed by atoms with E-state index in [1.165, 1.54) is 14.0 Å².